The molecule has 0 bridgehead atoms. The normalized spacial score (nSPS) is 17.2. The van der Waals surface area contributed by atoms with Crippen LogP contribution in [0.2, 0.25) is 5.02 Å². The number of likely N-dealkylation sites (tertiary alicyclic amines) is 1. The molecule has 1 atom stereocenters. The fourth-order valence-electron chi connectivity index (χ4n) is 9.50. The Morgan fingerprint density at radius 1 is 1.00 bits per heavy atom. The standard InChI is InChI=1S/C46H51ClN10O3S/c1-25(2)57-38-20-33(19-34(36(38)23-49-57)43(59)48-22-35-26(3)18-27(4)50-44(35)60)54-15-12-46(13-16-54)14-17-55(24-46)39(58)21-37-42-53-52-30(7)56(42)45-40(28(5)29(6)61-45)41(51-37)31-8-10-32(47)11-9-31/h8-11,18-20,23,25,37H,12-17,21-22,24H2,1-7H3,(H,48,59)(H,50,60)/t37-/m0/s1. The molecule has 2 aromatic carbocycles. The van der Waals surface area contributed by atoms with E-state index < -0.39 is 6.04 Å². The van der Waals surface area contributed by atoms with Crippen molar-refractivity contribution in [2.45, 2.75) is 92.8 Å². The van der Waals surface area contributed by atoms with Crippen molar-refractivity contribution in [1.29, 1.82) is 0 Å². The molecular formula is C46H51ClN10O3S. The number of carbonyl (C=O) groups is 2. The van der Waals surface area contributed by atoms with Gasteiger partial charge in [0.05, 0.1) is 29.4 Å². The molecule has 0 saturated carbocycles. The second-order valence-corrected chi connectivity index (χ2v) is 19.0. The molecule has 3 aliphatic heterocycles. The van der Waals surface area contributed by atoms with Crippen LogP contribution < -0.4 is 15.8 Å². The monoisotopic (exact) mass is 858 g/mol. The summed E-state index contributed by atoms with van der Waals surface area (Å²) in [7, 11) is 0. The lowest BCUT2D eigenvalue weighted by molar-refractivity contribution is -0.131. The van der Waals surface area contributed by atoms with E-state index in [1.165, 1.54) is 4.88 Å². The first-order valence-corrected chi connectivity index (χ1v) is 22.3. The molecule has 0 unspecified atom stereocenters. The van der Waals surface area contributed by atoms with E-state index in [1.54, 1.807) is 17.5 Å². The van der Waals surface area contributed by atoms with Crippen LogP contribution in [0.25, 0.3) is 15.9 Å². The van der Waals surface area contributed by atoms with Crippen LogP contribution in [0.3, 0.4) is 0 Å². The van der Waals surface area contributed by atoms with Gasteiger partial charge in [-0.15, -0.1) is 21.5 Å². The van der Waals surface area contributed by atoms with Crippen LogP contribution in [0, 0.1) is 40.0 Å². The number of aliphatic imine (C=N–C) groups is 1. The number of amides is 2. The number of benzene rings is 2. The number of fused-ring (bicyclic) bond motifs is 4. The zero-order valence-electron chi connectivity index (χ0n) is 35.7. The summed E-state index contributed by atoms with van der Waals surface area (Å²) in [6, 6.07) is 13.4. The highest BCUT2D eigenvalue weighted by Crippen LogP contribution is 2.44. The van der Waals surface area contributed by atoms with Gasteiger partial charge in [0.15, 0.2) is 5.82 Å². The molecule has 7 heterocycles. The molecule has 0 radical (unpaired) electrons. The number of H-pyrrole nitrogens is 1. The van der Waals surface area contributed by atoms with E-state index in [-0.39, 0.29) is 41.8 Å². The topological polar surface area (TPSA) is 146 Å². The number of aryl methyl sites for hydroxylation is 4. The van der Waals surface area contributed by atoms with Crippen molar-refractivity contribution in [3.8, 4) is 5.00 Å². The Balaban J connectivity index is 0.930. The summed E-state index contributed by atoms with van der Waals surface area (Å²) in [5, 5.41) is 19.2. The van der Waals surface area contributed by atoms with E-state index >= 15 is 0 Å². The molecule has 2 N–H and O–H groups in total. The van der Waals surface area contributed by atoms with E-state index in [4.69, 9.17) is 16.6 Å². The largest absolute Gasteiger partial charge is 0.371 e. The molecule has 2 fully saturated rings. The summed E-state index contributed by atoms with van der Waals surface area (Å²) >= 11 is 8.02. The number of hydrogen-bond acceptors (Lipinski definition) is 9. The number of aromatic amines is 1. The lowest BCUT2D eigenvalue weighted by Gasteiger charge is -2.40. The van der Waals surface area contributed by atoms with Crippen LogP contribution in [-0.4, -0.2) is 78.1 Å². The second-order valence-electron chi connectivity index (χ2n) is 17.4. The molecule has 1 spiro atoms. The molecule has 2 amide bonds. The SMILES string of the molecule is Cc1cc(C)c(CNC(=O)c2cc(N3CCC4(CCN(C(=O)C[C@@H]5N=C(c6ccc(Cl)cc6)c6c(sc(C)c6C)-n6c(C)nnc65)C4)CC3)cc3c2cnn3C(C)C)c(=O)[nH]1. The van der Waals surface area contributed by atoms with Crippen LogP contribution in [0.5, 0.6) is 0 Å². The number of rotatable bonds is 8. The number of aromatic nitrogens is 6. The van der Waals surface area contributed by atoms with Crippen LogP contribution in [0.15, 0.2) is 58.4 Å². The number of nitrogens with one attached hydrogen (secondary N) is 2. The Kier molecular flexibility index (Phi) is 10.5. The van der Waals surface area contributed by atoms with Crippen molar-refractivity contribution in [3.05, 3.63) is 120 Å². The Bertz CT molecular complexity index is 2810. The first kappa shape index (κ1) is 40.8. The van der Waals surface area contributed by atoms with Gasteiger partial charge in [0.2, 0.25) is 5.91 Å². The van der Waals surface area contributed by atoms with Crippen molar-refractivity contribution in [1.82, 2.24) is 39.7 Å². The lowest BCUT2D eigenvalue weighted by atomic mass is 9.77. The van der Waals surface area contributed by atoms with Crippen LogP contribution in [0.1, 0.15) is 112 Å². The van der Waals surface area contributed by atoms with E-state index in [2.05, 4.69) is 68.8 Å². The highest BCUT2D eigenvalue weighted by Gasteiger charge is 2.43. The number of anilines is 1. The highest BCUT2D eigenvalue weighted by atomic mass is 35.5. The number of carbonyl (C=O) groups excluding carboxylic acids is 2. The van der Waals surface area contributed by atoms with Crippen molar-refractivity contribution in [2.24, 2.45) is 10.4 Å². The smallest absolute Gasteiger partial charge is 0.253 e. The van der Waals surface area contributed by atoms with Gasteiger partial charge in [-0.25, -0.2) is 0 Å². The molecule has 13 nitrogen and oxygen atoms in total. The Morgan fingerprint density at radius 2 is 1.74 bits per heavy atom. The fourth-order valence-corrected chi connectivity index (χ4v) is 10.8. The van der Waals surface area contributed by atoms with E-state index in [0.29, 0.717) is 35.1 Å². The highest BCUT2D eigenvalue weighted by molar-refractivity contribution is 7.15. The fraction of sp³-hybridized carbons (Fsp3) is 0.413. The van der Waals surface area contributed by atoms with Crippen LogP contribution >= 0.6 is 22.9 Å². The molecule has 6 aromatic rings. The van der Waals surface area contributed by atoms with E-state index in [9.17, 15) is 14.4 Å². The predicted molar refractivity (Wildman–Crippen MR) is 241 cm³/mol. The van der Waals surface area contributed by atoms with Gasteiger partial charge in [-0.3, -0.25) is 28.6 Å². The maximum atomic E-state index is 14.4. The molecule has 3 aliphatic rings. The molecular weight excluding hydrogens is 808 g/mol. The number of piperidine rings is 1. The molecule has 9 rings (SSSR count). The molecule has 2 saturated heterocycles. The van der Waals surface area contributed by atoms with Gasteiger partial charge >= 0.3 is 0 Å². The minimum absolute atomic E-state index is 0.00568. The number of pyridine rings is 1. The summed E-state index contributed by atoms with van der Waals surface area (Å²) in [5.74, 6) is 1.27. The second kappa shape index (κ2) is 15.7. The lowest BCUT2D eigenvalue weighted by Crippen LogP contribution is -2.42. The minimum atomic E-state index is -0.515. The number of hydrogen-bond donors (Lipinski definition) is 2. The van der Waals surface area contributed by atoms with E-state index in [1.807, 2.05) is 66.8 Å². The zero-order chi connectivity index (χ0) is 42.9. The molecule has 316 valence electrons. The first-order valence-electron chi connectivity index (χ1n) is 21.1. The Labute approximate surface area is 363 Å². The summed E-state index contributed by atoms with van der Waals surface area (Å²) in [5.41, 5.74) is 8.36. The Hall–Kier alpha value is -5.60. The third-order valence-corrected chi connectivity index (χ3v) is 14.5. The maximum absolute atomic E-state index is 14.4. The molecule has 15 heteroatoms. The predicted octanol–water partition coefficient (Wildman–Crippen LogP) is 7.87. The van der Waals surface area contributed by atoms with Gasteiger partial charge in [-0.1, -0.05) is 23.7 Å². The average Bonchev–Trinajstić information content (AvgIpc) is 3.99. The molecule has 61 heavy (non-hydrogen) atoms. The minimum Gasteiger partial charge on any atom is -0.371 e. The van der Waals surface area contributed by atoms with Gasteiger partial charge in [-0.05, 0) is 115 Å². The summed E-state index contributed by atoms with van der Waals surface area (Å²) in [6.45, 7) is 17.2. The van der Waals surface area contributed by atoms with Gasteiger partial charge in [-0.2, -0.15) is 5.10 Å². The zero-order valence-corrected chi connectivity index (χ0v) is 37.3. The molecule has 0 aliphatic carbocycles. The van der Waals surface area contributed by atoms with Gasteiger partial charge < -0.3 is 20.1 Å². The number of nitrogens with zero attached hydrogens (tertiary/aromatic N) is 8. The summed E-state index contributed by atoms with van der Waals surface area (Å²) < 4.78 is 4.05. The van der Waals surface area contributed by atoms with Gasteiger partial charge in [0.1, 0.15) is 16.9 Å². The van der Waals surface area contributed by atoms with Crippen molar-refractivity contribution < 1.29 is 9.59 Å². The third kappa shape index (κ3) is 7.37. The van der Waals surface area contributed by atoms with Crippen molar-refractivity contribution in [3.63, 3.8) is 0 Å². The average molecular weight is 860 g/mol. The Morgan fingerprint density at radius 3 is 2.46 bits per heavy atom. The number of halogens is 1. The van der Waals surface area contributed by atoms with Gasteiger partial charge in [0.25, 0.3) is 11.5 Å². The quantitative estimate of drug-likeness (QED) is 0.158. The van der Waals surface area contributed by atoms with Crippen molar-refractivity contribution >= 4 is 57.1 Å². The summed E-state index contributed by atoms with van der Waals surface area (Å²) in [6.07, 6.45) is 4.73. The number of thiophene rings is 1. The summed E-state index contributed by atoms with van der Waals surface area (Å²) in [4.78, 5) is 54.8. The molecule has 4 aromatic heterocycles. The van der Waals surface area contributed by atoms with E-state index in [0.717, 1.165) is 93.4 Å². The first-order chi connectivity index (χ1) is 29.2. The maximum Gasteiger partial charge on any atom is 0.253 e. The third-order valence-electron chi connectivity index (χ3n) is 13.1. The van der Waals surface area contributed by atoms with Crippen LogP contribution in [-0.2, 0) is 11.3 Å². The van der Waals surface area contributed by atoms with Crippen molar-refractivity contribution in [2.75, 3.05) is 31.1 Å². The van der Waals surface area contributed by atoms with Gasteiger partial charge in [0, 0.05) is 82.1 Å². The van der Waals surface area contributed by atoms with Crippen LogP contribution in [0.4, 0.5) is 5.69 Å².